The Morgan fingerprint density at radius 3 is 2.60 bits per heavy atom. The van der Waals surface area contributed by atoms with Gasteiger partial charge in [0, 0.05) is 12.4 Å². The molecular weight excluding hydrogens is 194 g/mol. The van der Waals surface area contributed by atoms with Crippen molar-refractivity contribution in [3.05, 3.63) is 18.7 Å². The number of rotatable bonds is 0. The molecule has 0 unspecified atom stereocenters. The summed E-state index contributed by atoms with van der Waals surface area (Å²) < 4.78 is 6.69. The van der Waals surface area contributed by atoms with Gasteiger partial charge >= 0.3 is 6.09 Å². The largest absolute Gasteiger partial charge is 0.442 e. The van der Waals surface area contributed by atoms with Gasteiger partial charge in [-0.1, -0.05) is 0 Å². The molecule has 0 spiro atoms. The molecule has 5 nitrogen and oxygen atoms in total. The summed E-state index contributed by atoms with van der Waals surface area (Å²) in [5.74, 6) is 0.529. The average Bonchev–Trinajstić information content (AvgIpc) is 2.50. The summed E-state index contributed by atoms with van der Waals surface area (Å²) in [4.78, 5) is 19.0. The lowest BCUT2D eigenvalue weighted by atomic mass is 10.2. The molecule has 82 valence electrons. The zero-order chi connectivity index (χ0) is 11.5. The van der Waals surface area contributed by atoms with E-state index in [4.69, 9.17) is 4.74 Å². The molecule has 0 saturated heterocycles. The SMILES string of the molecule is C/C(=N/C(=O)OC(C)(C)C)n1ccnc1. The first-order valence-electron chi connectivity index (χ1n) is 4.65. The summed E-state index contributed by atoms with van der Waals surface area (Å²) in [6.45, 7) is 7.11. The predicted molar refractivity (Wildman–Crippen MR) is 57.0 cm³/mol. The highest BCUT2D eigenvalue weighted by molar-refractivity contribution is 5.91. The highest BCUT2D eigenvalue weighted by Crippen LogP contribution is 2.08. The molecule has 0 aliphatic carbocycles. The van der Waals surface area contributed by atoms with Crippen LogP contribution in [-0.4, -0.2) is 27.1 Å². The third kappa shape index (κ3) is 3.93. The number of hydrogen-bond donors (Lipinski definition) is 0. The number of ether oxygens (including phenoxy) is 1. The minimum Gasteiger partial charge on any atom is -0.442 e. The Morgan fingerprint density at radius 1 is 1.47 bits per heavy atom. The van der Waals surface area contributed by atoms with Crippen LogP contribution in [-0.2, 0) is 4.74 Å². The fraction of sp³-hybridized carbons (Fsp3) is 0.500. The van der Waals surface area contributed by atoms with Crippen molar-refractivity contribution in [2.45, 2.75) is 33.3 Å². The third-order valence-electron chi connectivity index (χ3n) is 1.52. The van der Waals surface area contributed by atoms with Gasteiger partial charge in [-0.2, -0.15) is 4.99 Å². The molecule has 0 atom stereocenters. The van der Waals surface area contributed by atoms with Gasteiger partial charge in [-0.25, -0.2) is 9.78 Å². The lowest BCUT2D eigenvalue weighted by Gasteiger charge is -2.17. The van der Waals surface area contributed by atoms with Crippen LogP contribution in [0.1, 0.15) is 27.7 Å². The number of carbonyl (C=O) groups is 1. The van der Waals surface area contributed by atoms with Crippen molar-refractivity contribution < 1.29 is 9.53 Å². The van der Waals surface area contributed by atoms with Crippen LogP contribution < -0.4 is 0 Å². The molecule has 0 N–H and O–H groups in total. The van der Waals surface area contributed by atoms with E-state index in [1.807, 2.05) is 0 Å². The van der Waals surface area contributed by atoms with Crippen molar-refractivity contribution in [1.29, 1.82) is 0 Å². The van der Waals surface area contributed by atoms with E-state index in [2.05, 4.69) is 9.98 Å². The maximum atomic E-state index is 11.3. The Hall–Kier alpha value is -1.65. The van der Waals surface area contributed by atoms with Crippen LogP contribution in [0.25, 0.3) is 0 Å². The molecule has 0 saturated carbocycles. The van der Waals surface area contributed by atoms with E-state index in [1.54, 1.807) is 51.0 Å². The Balaban J connectivity index is 2.68. The maximum absolute atomic E-state index is 11.3. The van der Waals surface area contributed by atoms with Crippen LogP contribution in [0.2, 0.25) is 0 Å². The summed E-state index contributed by atoms with van der Waals surface area (Å²) in [7, 11) is 0. The van der Waals surface area contributed by atoms with Crippen LogP contribution in [0, 0.1) is 0 Å². The van der Waals surface area contributed by atoms with E-state index in [0.717, 1.165) is 0 Å². The summed E-state index contributed by atoms with van der Waals surface area (Å²) in [5.41, 5.74) is -0.518. The summed E-state index contributed by atoms with van der Waals surface area (Å²) in [6, 6.07) is 0. The molecule has 1 aromatic heterocycles. The normalized spacial score (nSPS) is 12.7. The van der Waals surface area contributed by atoms with Crippen molar-refractivity contribution in [3.63, 3.8) is 0 Å². The topological polar surface area (TPSA) is 56.5 Å². The zero-order valence-electron chi connectivity index (χ0n) is 9.39. The van der Waals surface area contributed by atoms with Crippen molar-refractivity contribution in [3.8, 4) is 0 Å². The fourth-order valence-electron chi connectivity index (χ4n) is 0.925. The van der Waals surface area contributed by atoms with Gasteiger partial charge in [0.05, 0.1) is 0 Å². The van der Waals surface area contributed by atoms with Crippen molar-refractivity contribution in [2.75, 3.05) is 0 Å². The number of hydrogen-bond acceptors (Lipinski definition) is 3. The molecule has 0 fully saturated rings. The monoisotopic (exact) mass is 209 g/mol. The van der Waals surface area contributed by atoms with Crippen LogP contribution in [0.4, 0.5) is 4.79 Å². The first-order chi connectivity index (χ1) is 6.88. The molecule has 1 rings (SSSR count). The van der Waals surface area contributed by atoms with E-state index in [0.29, 0.717) is 5.84 Å². The highest BCUT2D eigenvalue weighted by Gasteiger charge is 2.15. The molecular formula is C10H15N3O2. The van der Waals surface area contributed by atoms with E-state index in [-0.39, 0.29) is 0 Å². The summed E-state index contributed by atoms with van der Waals surface area (Å²) in [6.07, 6.45) is 4.31. The van der Waals surface area contributed by atoms with Gasteiger partial charge in [0.1, 0.15) is 17.8 Å². The van der Waals surface area contributed by atoms with Crippen molar-refractivity contribution >= 4 is 11.9 Å². The second-order valence-corrected chi connectivity index (χ2v) is 4.11. The number of carbonyl (C=O) groups excluding carboxylic acids is 1. The second kappa shape index (κ2) is 4.25. The van der Waals surface area contributed by atoms with E-state index >= 15 is 0 Å². The van der Waals surface area contributed by atoms with E-state index in [9.17, 15) is 4.79 Å². The molecule has 1 amide bonds. The number of amides is 1. The smallest absolute Gasteiger partial charge is 0.435 e. The Morgan fingerprint density at radius 2 is 2.13 bits per heavy atom. The summed E-state index contributed by atoms with van der Waals surface area (Å²) in [5, 5.41) is 0. The van der Waals surface area contributed by atoms with Gasteiger partial charge in [-0.3, -0.25) is 4.57 Å². The molecule has 0 radical (unpaired) electrons. The standard InChI is InChI=1S/C10H15N3O2/c1-8(13-6-5-11-7-13)12-9(14)15-10(2,3)4/h5-7H,1-4H3/b12-8-. The van der Waals surface area contributed by atoms with E-state index in [1.165, 1.54) is 0 Å². The van der Waals surface area contributed by atoms with Gasteiger partial charge in [0.2, 0.25) is 0 Å². The Kier molecular flexibility index (Phi) is 3.24. The molecule has 5 heteroatoms. The number of aliphatic imine (C=N–C) groups is 1. The molecule has 1 aromatic rings. The molecule has 0 aliphatic heterocycles. The Bertz CT molecular complexity index is 361. The zero-order valence-corrected chi connectivity index (χ0v) is 9.39. The van der Waals surface area contributed by atoms with Crippen molar-refractivity contribution in [1.82, 2.24) is 9.55 Å². The Labute approximate surface area is 88.8 Å². The first-order valence-corrected chi connectivity index (χ1v) is 4.65. The number of imidazole rings is 1. The van der Waals surface area contributed by atoms with Gasteiger partial charge in [-0.15, -0.1) is 0 Å². The number of nitrogens with zero attached hydrogens (tertiary/aromatic N) is 3. The van der Waals surface area contributed by atoms with Crippen LogP contribution in [0.5, 0.6) is 0 Å². The minimum absolute atomic E-state index is 0.518. The fourth-order valence-corrected chi connectivity index (χ4v) is 0.925. The highest BCUT2D eigenvalue weighted by atomic mass is 16.6. The predicted octanol–water partition coefficient (Wildman–Crippen LogP) is 2.08. The quantitative estimate of drug-likeness (QED) is 0.485. The molecule has 0 aromatic carbocycles. The van der Waals surface area contributed by atoms with Gasteiger partial charge in [0.15, 0.2) is 0 Å². The maximum Gasteiger partial charge on any atom is 0.435 e. The average molecular weight is 209 g/mol. The summed E-state index contributed by atoms with van der Waals surface area (Å²) >= 11 is 0. The van der Waals surface area contributed by atoms with Gasteiger partial charge in [0.25, 0.3) is 0 Å². The lowest BCUT2D eigenvalue weighted by Crippen LogP contribution is -2.23. The van der Waals surface area contributed by atoms with Crippen LogP contribution in [0.15, 0.2) is 23.7 Å². The van der Waals surface area contributed by atoms with Gasteiger partial charge < -0.3 is 4.74 Å². The lowest BCUT2D eigenvalue weighted by molar-refractivity contribution is 0.0604. The second-order valence-electron chi connectivity index (χ2n) is 4.11. The first kappa shape index (κ1) is 11.4. The third-order valence-corrected chi connectivity index (χ3v) is 1.52. The van der Waals surface area contributed by atoms with Gasteiger partial charge in [-0.05, 0) is 27.7 Å². The van der Waals surface area contributed by atoms with Crippen LogP contribution >= 0.6 is 0 Å². The van der Waals surface area contributed by atoms with Crippen LogP contribution in [0.3, 0.4) is 0 Å². The molecule has 1 heterocycles. The number of aromatic nitrogens is 2. The molecule has 0 bridgehead atoms. The molecule has 0 aliphatic rings. The van der Waals surface area contributed by atoms with Crippen molar-refractivity contribution in [2.24, 2.45) is 4.99 Å². The minimum atomic E-state index is -0.589. The van der Waals surface area contributed by atoms with E-state index < -0.39 is 11.7 Å². The molecule has 15 heavy (non-hydrogen) atoms.